The Kier molecular flexibility index (Phi) is 7.76. The van der Waals surface area contributed by atoms with E-state index in [-0.39, 0.29) is 0 Å². The highest BCUT2D eigenvalue weighted by Gasteiger charge is 2.00. The molecule has 1 rings (SSSR count). The zero-order valence-electron chi connectivity index (χ0n) is 10.7. The molecule has 0 aliphatic rings. The Morgan fingerprint density at radius 2 is 1.89 bits per heavy atom. The van der Waals surface area contributed by atoms with E-state index in [0.717, 1.165) is 18.6 Å². The fourth-order valence-electron chi connectivity index (χ4n) is 1.39. The first-order valence-electron chi connectivity index (χ1n) is 5.92. The molecule has 0 aromatic heterocycles. The summed E-state index contributed by atoms with van der Waals surface area (Å²) in [5, 5.41) is 0.635. The zero-order chi connectivity index (χ0) is 13.2. The second-order valence-corrected chi connectivity index (χ2v) is 4.27. The predicted octanol–water partition coefficient (Wildman–Crippen LogP) is 2.49. The van der Waals surface area contributed by atoms with Crippen molar-refractivity contribution >= 4 is 17.3 Å². The second-order valence-electron chi connectivity index (χ2n) is 3.86. The minimum absolute atomic E-state index is 0.473. The summed E-state index contributed by atoms with van der Waals surface area (Å²) in [6, 6.07) is 5.41. The molecule has 0 amide bonds. The van der Waals surface area contributed by atoms with Crippen LogP contribution in [-0.4, -0.2) is 33.5 Å². The van der Waals surface area contributed by atoms with E-state index in [0.29, 0.717) is 37.1 Å². The molecule has 102 valence electrons. The lowest BCUT2D eigenvalue weighted by atomic mass is 10.2. The van der Waals surface area contributed by atoms with E-state index in [2.05, 4.69) is 0 Å². The van der Waals surface area contributed by atoms with E-state index in [1.807, 2.05) is 12.1 Å². The Labute approximate surface area is 113 Å². The molecule has 0 fully saturated rings. The summed E-state index contributed by atoms with van der Waals surface area (Å²) in [7, 11) is 1.68. The van der Waals surface area contributed by atoms with Crippen LogP contribution in [0.3, 0.4) is 0 Å². The molecule has 0 bridgehead atoms. The highest BCUT2D eigenvalue weighted by atomic mass is 35.5. The number of hydrogen-bond acceptors (Lipinski definition) is 4. The largest absolute Gasteiger partial charge is 0.399 e. The summed E-state index contributed by atoms with van der Waals surface area (Å²) in [6.07, 6.45) is 0.903. The average molecular weight is 274 g/mol. The highest BCUT2D eigenvalue weighted by molar-refractivity contribution is 6.31. The van der Waals surface area contributed by atoms with Crippen molar-refractivity contribution in [3.63, 3.8) is 0 Å². The van der Waals surface area contributed by atoms with Crippen molar-refractivity contribution in [2.24, 2.45) is 0 Å². The van der Waals surface area contributed by atoms with Crippen molar-refractivity contribution in [3.05, 3.63) is 28.8 Å². The minimum atomic E-state index is 0.473. The van der Waals surface area contributed by atoms with Crippen LogP contribution in [0.2, 0.25) is 5.02 Å². The summed E-state index contributed by atoms with van der Waals surface area (Å²) in [6.45, 7) is 3.02. The van der Waals surface area contributed by atoms with E-state index < -0.39 is 0 Å². The van der Waals surface area contributed by atoms with Gasteiger partial charge in [0, 0.05) is 31.0 Å². The van der Waals surface area contributed by atoms with Gasteiger partial charge in [0.25, 0.3) is 0 Å². The Morgan fingerprint density at radius 1 is 1.11 bits per heavy atom. The van der Waals surface area contributed by atoms with E-state index >= 15 is 0 Å². The van der Waals surface area contributed by atoms with Crippen molar-refractivity contribution < 1.29 is 14.2 Å². The molecule has 0 unspecified atom stereocenters. The van der Waals surface area contributed by atoms with Crippen LogP contribution >= 0.6 is 11.6 Å². The topological polar surface area (TPSA) is 53.7 Å². The van der Waals surface area contributed by atoms with Crippen LogP contribution in [-0.2, 0) is 20.8 Å². The lowest BCUT2D eigenvalue weighted by Crippen LogP contribution is -2.06. The van der Waals surface area contributed by atoms with Crippen molar-refractivity contribution in [2.75, 3.05) is 39.3 Å². The molecule has 0 heterocycles. The van der Waals surface area contributed by atoms with Gasteiger partial charge in [-0.25, -0.2) is 0 Å². The molecule has 5 heteroatoms. The lowest BCUT2D eigenvalue weighted by molar-refractivity contribution is 0.0337. The number of rotatable bonds is 9. The smallest absolute Gasteiger partial charge is 0.0732 e. The fraction of sp³-hybridized carbons (Fsp3) is 0.538. The van der Waals surface area contributed by atoms with Gasteiger partial charge < -0.3 is 19.9 Å². The van der Waals surface area contributed by atoms with Crippen LogP contribution in [0, 0.1) is 0 Å². The van der Waals surface area contributed by atoms with E-state index in [4.69, 9.17) is 31.5 Å². The summed E-state index contributed by atoms with van der Waals surface area (Å²) in [5.74, 6) is 0. The Hall–Kier alpha value is -0.810. The molecule has 0 radical (unpaired) electrons. The van der Waals surface area contributed by atoms with E-state index in [1.165, 1.54) is 0 Å². The van der Waals surface area contributed by atoms with Crippen LogP contribution in [0.4, 0.5) is 5.69 Å². The maximum Gasteiger partial charge on any atom is 0.0732 e. The monoisotopic (exact) mass is 273 g/mol. The van der Waals surface area contributed by atoms with Gasteiger partial charge in [-0.05, 0) is 24.1 Å². The van der Waals surface area contributed by atoms with Crippen LogP contribution in [0.25, 0.3) is 0 Å². The Balaban J connectivity index is 2.07. The van der Waals surface area contributed by atoms with E-state index in [1.54, 1.807) is 13.2 Å². The number of ether oxygens (including phenoxy) is 3. The molecular weight excluding hydrogens is 254 g/mol. The van der Waals surface area contributed by atoms with Crippen LogP contribution in [0.15, 0.2) is 18.2 Å². The number of nitrogen functional groups attached to an aromatic ring is 1. The van der Waals surface area contributed by atoms with Gasteiger partial charge in [-0.15, -0.1) is 0 Å². The first kappa shape index (κ1) is 15.2. The van der Waals surface area contributed by atoms with Gasteiger partial charge in [0.05, 0.1) is 19.8 Å². The standard InChI is InChI=1S/C13H20ClNO3/c1-16-5-2-6-17-7-8-18-10-11-3-4-12(15)9-13(11)14/h3-4,9H,2,5-8,10,15H2,1H3. The van der Waals surface area contributed by atoms with Crippen LogP contribution in [0.5, 0.6) is 0 Å². The maximum absolute atomic E-state index is 6.02. The third-order valence-corrected chi connectivity index (χ3v) is 2.70. The van der Waals surface area contributed by atoms with Gasteiger partial charge in [-0.1, -0.05) is 17.7 Å². The summed E-state index contributed by atoms with van der Waals surface area (Å²) >= 11 is 6.02. The number of methoxy groups -OCH3 is 1. The van der Waals surface area contributed by atoms with Crippen molar-refractivity contribution in [2.45, 2.75) is 13.0 Å². The van der Waals surface area contributed by atoms with Gasteiger partial charge in [0.2, 0.25) is 0 Å². The summed E-state index contributed by atoms with van der Waals surface area (Å²) < 4.78 is 15.7. The molecule has 1 aromatic rings. The fourth-order valence-corrected chi connectivity index (χ4v) is 1.63. The molecule has 18 heavy (non-hydrogen) atoms. The van der Waals surface area contributed by atoms with Gasteiger partial charge in [0.1, 0.15) is 0 Å². The van der Waals surface area contributed by atoms with E-state index in [9.17, 15) is 0 Å². The number of nitrogens with two attached hydrogens (primary N) is 1. The number of benzene rings is 1. The van der Waals surface area contributed by atoms with Gasteiger partial charge in [0.15, 0.2) is 0 Å². The molecule has 1 aromatic carbocycles. The average Bonchev–Trinajstić information content (AvgIpc) is 2.35. The molecular formula is C13H20ClNO3. The first-order chi connectivity index (χ1) is 8.74. The zero-order valence-corrected chi connectivity index (χ0v) is 11.4. The minimum Gasteiger partial charge on any atom is -0.399 e. The molecule has 0 aliphatic carbocycles. The van der Waals surface area contributed by atoms with Gasteiger partial charge in [-0.3, -0.25) is 0 Å². The normalized spacial score (nSPS) is 10.8. The predicted molar refractivity (Wildman–Crippen MR) is 72.8 cm³/mol. The van der Waals surface area contributed by atoms with Crippen molar-refractivity contribution in [1.29, 1.82) is 0 Å². The highest BCUT2D eigenvalue weighted by Crippen LogP contribution is 2.19. The Bertz CT molecular complexity index is 347. The van der Waals surface area contributed by atoms with Crippen molar-refractivity contribution in [3.8, 4) is 0 Å². The number of anilines is 1. The molecule has 0 atom stereocenters. The quantitative estimate of drug-likeness (QED) is 0.555. The van der Waals surface area contributed by atoms with Crippen LogP contribution < -0.4 is 5.73 Å². The molecule has 0 saturated heterocycles. The third-order valence-electron chi connectivity index (χ3n) is 2.34. The number of halogens is 1. The molecule has 0 aliphatic heterocycles. The summed E-state index contributed by atoms with van der Waals surface area (Å²) in [4.78, 5) is 0. The molecule has 2 N–H and O–H groups in total. The lowest BCUT2D eigenvalue weighted by Gasteiger charge is -2.07. The maximum atomic E-state index is 6.02. The second kappa shape index (κ2) is 9.16. The Morgan fingerprint density at radius 3 is 2.61 bits per heavy atom. The third kappa shape index (κ3) is 6.21. The van der Waals surface area contributed by atoms with Gasteiger partial charge >= 0.3 is 0 Å². The summed E-state index contributed by atoms with van der Waals surface area (Å²) in [5.41, 5.74) is 7.20. The molecule has 0 saturated carbocycles. The SMILES string of the molecule is COCCCOCCOCc1ccc(N)cc1Cl. The van der Waals surface area contributed by atoms with Crippen molar-refractivity contribution in [1.82, 2.24) is 0 Å². The molecule has 0 spiro atoms. The first-order valence-corrected chi connectivity index (χ1v) is 6.30. The number of hydrogen-bond donors (Lipinski definition) is 1. The van der Waals surface area contributed by atoms with Crippen LogP contribution in [0.1, 0.15) is 12.0 Å². The van der Waals surface area contributed by atoms with Gasteiger partial charge in [-0.2, -0.15) is 0 Å². The molecule has 4 nitrogen and oxygen atoms in total.